The monoisotopic (exact) mass is 366 g/mol. The van der Waals surface area contributed by atoms with Crippen LogP contribution in [0.4, 0.5) is 11.4 Å². The van der Waals surface area contributed by atoms with Crippen LogP contribution in [0, 0.1) is 6.92 Å². The van der Waals surface area contributed by atoms with Gasteiger partial charge in [-0.15, -0.1) is 0 Å². The molecule has 0 radical (unpaired) electrons. The van der Waals surface area contributed by atoms with Gasteiger partial charge in [0.2, 0.25) is 11.8 Å². The van der Waals surface area contributed by atoms with E-state index < -0.39 is 11.9 Å². The molecule has 0 aromatic heterocycles. The topological polar surface area (TPSA) is 92.8 Å². The maximum atomic E-state index is 12.6. The molecule has 0 spiro atoms. The van der Waals surface area contributed by atoms with Gasteiger partial charge in [-0.2, -0.15) is 0 Å². The molecule has 3 amide bonds. The van der Waals surface area contributed by atoms with E-state index in [-0.39, 0.29) is 24.7 Å². The summed E-state index contributed by atoms with van der Waals surface area (Å²) in [5.41, 5.74) is 2.23. The molecule has 7 heteroatoms. The number of carbonyl (C=O) groups excluding carboxylic acids is 4. The number of hydrogen-bond donors (Lipinski definition) is 1. The Bertz CT molecular complexity index is 935. The van der Waals surface area contributed by atoms with E-state index in [4.69, 9.17) is 4.74 Å². The molecule has 7 nitrogen and oxygen atoms in total. The summed E-state index contributed by atoms with van der Waals surface area (Å²) in [6.45, 7) is 1.80. The number of nitrogens with zero attached hydrogens (tertiary/aromatic N) is 1. The van der Waals surface area contributed by atoms with E-state index in [1.807, 2.05) is 0 Å². The smallest absolute Gasteiger partial charge is 0.337 e. The molecule has 1 aliphatic heterocycles. The first-order valence-electron chi connectivity index (χ1n) is 8.37. The normalized spacial score (nSPS) is 13.6. The molecule has 0 saturated carbocycles. The Morgan fingerprint density at radius 2 is 1.70 bits per heavy atom. The second-order valence-corrected chi connectivity index (χ2v) is 6.15. The maximum Gasteiger partial charge on any atom is 0.337 e. The minimum Gasteiger partial charge on any atom is -0.465 e. The van der Waals surface area contributed by atoms with Gasteiger partial charge >= 0.3 is 5.97 Å². The lowest BCUT2D eigenvalue weighted by Gasteiger charge is -2.15. The van der Waals surface area contributed by atoms with Crippen LogP contribution in [0.1, 0.15) is 39.1 Å². The number of carbonyl (C=O) groups is 4. The van der Waals surface area contributed by atoms with Crippen molar-refractivity contribution in [2.24, 2.45) is 0 Å². The molecule has 1 saturated heterocycles. The lowest BCUT2D eigenvalue weighted by molar-refractivity contribution is -0.121. The first-order chi connectivity index (χ1) is 12.9. The maximum absolute atomic E-state index is 12.6. The molecule has 0 aliphatic carbocycles. The third kappa shape index (κ3) is 3.72. The molecule has 3 rings (SSSR count). The molecular formula is C20H18N2O5. The fraction of sp³-hybridized carbons (Fsp3) is 0.200. The average molecular weight is 366 g/mol. The molecule has 1 aliphatic rings. The van der Waals surface area contributed by atoms with Gasteiger partial charge in [-0.05, 0) is 42.8 Å². The molecule has 2 aromatic carbocycles. The van der Waals surface area contributed by atoms with Crippen molar-refractivity contribution in [2.75, 3.05) is 17.3 Å². The minimum absolute atomic E-state index is 0.175. The van der Waals surface area contributed by atoms with Crippen LogP contribution >= 0.6 is 0 Å². The highest BCUT2D eigenvalue weighted by Crippen LogP contribution is 2.24. The van der Waals surface area contributed by atoms with Gasteiger partial charge in [-0.1, -0.05) is 12.1 Å². The second kappa shape index (κ2) is 7.41. The molecule has 1 fully saturated rings. The van der Waals surface area contributed by atoms with Gasteiger partial charge in [0, 0.05) is 24.1 Å². The summed E-state index contributed by atoms with van der Waals surface area (Å²) in [6, 6.07) is 11.2. The molecule has 27 heavy (non-hydrogen) atoms. The Labute approximate surface area is 155 Å². The van der Waals surface area contributed by atoms with Crippen LogP contribution in [-0.4, -0.2) is 30.8 Å². The Hall–Kier alpha value is -3.48. The number of nitrogens with one attached hydrogen (secondary N) is 1. The number of methoxy groups -OCH3 is 1. The fourth-order valence-electron chi connectivity index (χ4n) is 2.85. The minimum atomic E-state index is -0.501. The Balaban J connectivity index is 1.85. The highest BCUT2D eigenvalue weighted by Gasteiger charge is 2.30. The van der Waals surface area contributed by atoms with Crippen molar-refractivity contribution in [3.8, 4) is 0 Å². The standard InChI is InChI=1S/C20H18N2O5/c1-12-6-7-14(20(26)27-2)11-16(12)21-19(25)13-4-3-5-15(10-13)22-17(23)8-9-18(22)24/h3-7,10-11H,8-9H2,1-2H3,(H,21,25). The van der Waals surface area contributed by atoms with Crippen LogP contribution in [0.5, 0.6) is 0 Å². The number of aryl methyl sites for hydroxylation is 1. The van der Waals surface area contributed by atoms with E-state index in [0.717, 1.165) is 10.5 Å². The fourth-order valence-corrected chi connectivity index (χ4v) is 2.85. The number of imide groups is 1. The lowest BCUT2D eigenvalue weighted by atomic mass is 10.1. The largest absolute Gasteiger partial charge is 0.465 e. The van der Waals surface area contributed by atoms with Gasteiger partial charge in [-0.3, -0.25) is 19.3 Å². The summed E-state index contributed by atoms with van der Waals surface area (Å²) < 4.78 is 4.69. The Kier molecular flexibility index (Phi) is 5.03. The first kappa shape index (κ1) is 18.3. The zero-order valence-electron chi connectivity index (χ0n) is 14.9. The molecule has 2 aromatic rings. The third-order valence-electron chi connectivity index (χ3n) is 4.32. The summed E-state index contributed by atoms with van der Waals surface area (Å²) in [6.07, 6.45) is 0.351. The summed E-state index contributed by atoms with van der Waals surface area (Å²) in [5, 5.41) is 2.75. The first-order valence-corrected chi connectivity index (χ1v) is 8.37. The summed E-state index contributed by atoms with van der Waals surface area (Å²) >= 11 is 0. The van der Waals surface area contributed by atoms with Gasteiger partial charge in [0.1, 0.15) is 0 Å². The van der Waals surface area contributed by atoms with E-state index in [9.17, 15) is 19.2 Å². The summed E-state index contributed by atoms with van der Waals surface area (Å²) in [4.78, 5) is 49.2. The van der Waals surface area contributed by atoms with Gasteiger partial charge in [0.15, 0.2) is 0 Å². The van der Waals surface area contributed by atoms with Crippen LogP contribution in [-0.2, 0) is 14.3 Å². The van der Waals surface area contributed by atoms with Crippen LogP contribution in [0.2, 0.25) is 0 Å². The van der Waals surface area contributed by atoms with Crippen molar-refractivity contribution in [3.05, 3.63) is 59.2 Å². The van der Waals surface area contributed by atoms with E-state index >= 15 is 0 Å². The zero-order chi connectivity index (χ0) is 19.6. The van der Waals surface area contributed by atoms with E-state index in [1.54, 1.807) is 37.3 Å². The summed E-state index contributed by atoms with van der Waals surface area (Å²) in [7, 11) is 1.28. The van der Waals surface area contributed by atoms with Gasteiger partial charge in [0.05, 0.1) is 18.4 Å². The SMILES string of the molecule is COC(=O)c1ccc(C)c(NC(=O)c2cccc(N3C(=O)CCC3=O)c2)c1. The van der Waals surface area contributed by atoms with Crippen molar-refractivity contribution >= 4 is 35.1 Å². The molecule has 138 valence electrons. The van der Waals surface area contributed by atoms with Gasteiger partial charge in [-0.25, -0.2) is 4.79 Å². The van der Waals surface area contributed by atoms with E-state index in [1.165, 1.54) is 19.2 Å². The zero-order valence-corrected chi connectivity index (χ0v) is 14.9. The molecular weight excluding hydrogens is 348 g/mol. The van der Waals surface area contributed by atoms with E-state index in [2.05, 4.69) is 5.32 Å². The Morgan fingerprint density at radius 3 is 2.37 bits per heavy atom. The third-order valence-corrected chi connectivity index (χ3v) is 4.32. The predicted molar refractivity (Wildman–Crippen MR) is 98.6 cm³/mol. The molecule has 1 heterocycles. The van der Waals surface area contributed by atoms with Crippen molar-refractivity contribution in [1.29, 1.82) is 0 Å². The van der Waals surface area contributed by atoms with Crippen LogP contribution in [0.3, 0.4) is 0 Å². The van der Waals surface area contributed by atoms with E-state index in [0.29, 0.717) is 22.5 Å². The number of benzene rings is 2. The number of esters is 1. The van der Waals surface area contributed by atoms with Gasteiger partial charge in [0.25, 0.3) is 5.91 Å². The van der Waals surface area contributed by atoms with Crippen molar-refractivity contribution in [3.63, 3.8) is 0 Å². The predicted octanol–water partition coefficient (Wildman–Crippen LogP) is 2.69. The number of rotatable bonds is 4. The number of amides is 3. The quantitative estimate of drug-likeness (QED) is 0.663. The van der Waals surface area contributed by atoms with Gasteiger partial charge < -0.3 is 10.1 Å². The Morgan fingerprint density at radius 1 is 1.00 bits per heavy atom. The number of ether oxygens (including phenoxy) is 1. The van der Waals surface area contributed by atoms with Crippen LogP contribution in [0.15, 0.2) is 42.5 Å². The van der Waals surface area contributed by atoms with Crippen LogP contribution in [0.25, 0.3) is 0 Å². The second-order valence-electron chi connectivity index (χ2n) is 6.15. The molecule has 0 atom stereocenters. The van der Waals surface area contributed by atoms with Crippen molar-refractivity contribution in [1.82, 2.24) is 0 Å². The summed E-state index contributed by atoms with van der Waals surface area (Å²) in [5.74, 6) is -1.47. The highest BCUT2D eigenvalue weighted by molar-refractivity contribution is 6.20. The number of anilines is 2. The average Bonchev–Trinajstić information content (AvgIpc) is 3.01. The number of hydrogen-bond acceptors (Lipinski definition) is 5. The molecule has 0 unspecified atom stereocenters. The van der Waals surface area contributed by atoms with Crippen molar-refractivity contribution < 1.29 is 23.9 Å². The lowest BCUT2D eigenvalue weighted by Crippen LogP contribution is -2.28. The molecule has 1 N–H and O–H groups in total. The van der Waals surface area contributed by atoms with Crippen LogP contribution < -0.4 is 10.2 Å². The van der Waals surface area contributed by atoms with Crippen molar-refractivity contribution in [2.45, 2.75) is 19.8 Å². The molecule has 0 bridgehead atoms. The highest BCUT2D eigenvalue weighted by atomic mass is 16.5.